The number of aliphatic hydroxyl groups excluding tert-OH is 1. The van der Waals surface area contributed by atoms with Crippen LogP contribution in [0.2, 0.25) is 0 Å². The summed E-state index contributed by atoms with van der Waals surface area (Å²) < 4.78 is 0. The summed E-state index contributed by atoms with van der Waals surface area (Å²) in [5.41, 5.74) is -0.506. The molecule has 1 rings (SSSR count). The van der Waals surface area contributed by atoms with E-state index >= 15 is 0 Å². The van der Waals surface area contributed by atoms with Crippen LogP contribution in [0.15, 0.2) is 0 Å². The van der Waals surface area contributed by atoms with Gasteiger partial charge >= 0.3 is 5.97 Å². The molecule has 16 heavy (non-hydrogen) atoms. The Bertz CT molecular complexity index is 259. The van der Waals surface area contributed by atoms with Crippen LogP contribution in [0.4, 0.5) is 0 Å². The van der Waals surface area contributed by atoms with Gasteiger partial charge in [0.25, 0.3) is 0 Å². The lowest BCUT2D eigenvalue weighted by molar-refractivity contribution is -0.139. The highest BCUT2D eigenvalue weighted by Gasteiger charge is 2.32. The third kappa shape index (κ3) is 3.81. The number of nitrogens with one attached hydrogen (secondary N) is 1. The Labute approximate surface area is 94.8 Å². The maximum atomic E-state index is 11.5. The van der Waals surface area contributed by atoms with E-state index in [9.17, 15) is 14.7 Å². The second-order valence-electron chi connectivity index (χ2n) is 4.44. The third-order valence-electron chi connectivity index (χ3n) is 3.08. The summed E-state index contributed by atoms with van der Waals surface area (Å²) in [6.07, 6.45) is 4.52. The van der Waals surface area contributed by atoms with Gasteiger partial charge in [-0.2, -0.15) is 0 Å². The summed E-state index contributed by atoms with van der Waals surface area (Å²) in [5, 5.41) is 20.6. The molecule has 1 aliphatic rings. The summed E-state index contributed by atoms with van der Waals surface area (Å²) in [7, 11) is 0. The highest BCUT2D eigenvalue weighted by Crippen LogP contribution is 2.27. The van der Waals surface area contributed by atoms with Crippen LogP contribution >= 0.6 is 0 Å². The molecule has 5 heteroatoms. The Morgan fingerprint density at radius 1 is 1.12 bits per heavy atom. The molecule has 0 saturated heterocycles. The fraction of sp³-hybridized carbons (Fsp3) is 0.818. The van der Waals surface area contributed by atoms with E-state index in [0.717, 1.165) is 32.1 Å². The number of aliphatic carboxylic acids is 1. The first-order valence-corrected chi connectivity index (χ1v) is 5.72. The van der Waals surface area contributed by atoms with Gasteiger partial charge in [-0.25, -0.2) is 0 Å². The van der Waals surface area contributed by atoms with Crippen molar-refractivity contribution in [3.63, 3.8) is 0 Å². The Morgan fingerprint density at radius 2 is 1.75 bits per heavy atom. The number of hydrogen-bond acceptors (Lipinski definition) is 3. The van der Waals surface area contributed by atoms with Crippen molar-refractivity contribution in [3.05, 3.63) is 0 Å². The monoisotopic (exact) mass is 229 g/mol. The molecule has 0 bridgehead atoms. The SMILES string of the molecule is O=C(O)CCC(=O)NC1(CO)CCCCC1. The molecule has 1 fully saturated rings. The number of rotatable bonds is 5. The Morgan fingerprint density at radius 3 is 2.25 bits per heavy atom. The van der Waals surface area contributed by atoms with Crippen molar-refractivity contribution in [1.82, 2.24) is 5.32 Å². The summed E-state index contributed by atoms with van der Waals surface area (Å²) in [4.78, 5) is 21.8. The molecular formula is C11H19NO4. The van der Waals surface area contributed by atoms with Crippen LogP contribution < -0.4 is 5.32 Å². The number of hydrogen-bond donors (Lipinski definition) is 3. The van der Waals surface area contributed by atoms with E-state index in [1.165, 1.54) is 0 Å². The lowest BCUT2D eigenvalue weighted by Crippen LogP contribution is -2.52. The standard InChI is InChI=1S/C11H19NO4/c13-8-11(6-2-1-3-7-11)12-9(14)4-5-10(15)16/h13H,1-8H2,(H,12,14)(H,15,16). The molecule has 0 atom stereocenters. The van der Waals surface area contributed by atoms with Gasteiger partial charge in [0.1, 0.15) is 0 Å². The highest BCUT2D eigenvalue weighted by molar-refractivity contribution is 5.81. The van der Waals surface area contributed by atoms with Gasteiger partial charge in [0.2, 0.25) is 5.91 Å². The van der Waals surface area contributed by atoms with Crippen molar-refractivity contribution < 1.29 is 19.8 Å². The molecule has 1 saturated carbocycles. The topological polar surface area (TPSA) is 86.6 Å². The third-order valence-corrected chi connectivity index (χ3v) is 3.08. The van der Waals surface area contributed by atoms with Gasteiger partial charge in [-0.3, -0.25) is 9.59 Å². The summed E-state index contributed by atoms with van der Waals surface area (Å²) in [5.74, 6) is -1.25. The van der Waals surface area contributed by atoms with Gasteiger partial charge in [0.05, 0.1) is 18.6 Å². The molecule has 5 nitrogen and oxygen atoms in total. The fourth-order valence-corrected chi connectivity index (χ4v) is 2.13. The van der Waals surface area contributed by atoms with E-state index in [0.29, 0.717) is 0 Å². The molecule has 92 valence electrons. The van der Waals surface area contributed by atoms with Crippen LogP contribution in [-0.4, -0.2) is 34.2 Å². The number of carboxylic acids is 1. The van der Waals surface area contributed by atoms with E-state index in [-0.39, 0.29) is 25.4 Å². The van der Waals surface area contributed by atoms with Gasteiger partial charge < -0.3 is 15.5 Å². The minimum absolute atomic E-state index is 0.0168. The van der Waals surface area contributed by atoms with Crippen molar-refractivity contribution in [2.75, 3.05) is 6.61 Å². The van der Waals surface area contributed by atoms with Crippen molar-refractivity contribution >= 4 is 11.9 Å². The molecule has 0 heterocycles. The van der Waals surface area contributed by atoms with Gasteiger partial charge in [0.15, 0.2) is 0 Å². The zero-order valence-corrected chi connectivity index (χ0v) is 9.37. The average Bonchev–Trinajstić information content (AvgIpc) is 2.28. The van der Waals surface area contributed by atoms with Crippen LogP contribution in [0.1, 0.15) is 44.9 Å². The first kappa shape index (κ1) is 13.0. The number of carboxylic acid groups (broad SMARTS) is 1. The molecule has 1 aliphatic carbocycles. The number of aliphatic hydroxyl groups is 1. The van der Waals surface area contributed by atoms with E-state index < -0.39 is 11.5 Å². The molecule has 0 aromatic rings. The highest BCUT2D eigenvalue weighted by atomic mass is 16.4. The quantitative estimate of drug-likeness (QED) is 0.646. The van der Waals surface area contributed by atoms with Crippen LogP contribution in [-0.2, 0) is 9.59 Å². The fourth-order valence-electron chi connectivity index (χ4n) is 2.13. The Kier molecular flexibility index (Phi) is 4.73. The summed E-state index contributed by atoms with van der Waals surface area (Å²) >= 11 is 0. The maximum Gasteiger partial charge on any atom is 0.303 e. The largest absolute Gasteiger partial charge is 0.481 e. The molecule has 0 spiro atoms. The summed E-state index contributed by atoms with van der Waals surface area (Å²) in [6, 6.07) is 0. The molecule has 1 amide bonds. The molecular weight excluding hydrogens is 210 g/mol. The minimum atomic E-state index is -0.975. The van der Waals surface area contributed by atoms with E-state index in [1.807, 2.05) is 0 Å². The van der Waals surface area contributed by atoms with E-state index in [2.05, 4.69) is 5.32 Å². The molecule has 0 radical (unpaired) electrons. The number of carbonyl (C=O) groups excluding carboxylic acids is 1. The van der Waals surface area contributed by atoms with Crippen molar-refractivity contribution in [2.45, 2.75) is 50.5 Å². The molecule has 0 aliphatic heterocycles. The average molecular weight is 229 g/mol. The normalized spacial score (nSPS) is 19.1. The number of amides is 1. The summed E-state index contributed by atoms with van der Waals surface area (Å²) in [6.45, 7) is -0.0637. The molecule has 3 N–H and O–H groups in total. The van der Waals surface area contributed by atoms with Crippen molar-refractivity contribution in [3.8, 4) is 0 Å². The van der Waals surface area contributed by atoms with Gasteiger partial charge in [-0.1, -0.05) is 19.3 Å². The zero-order valence-electron chi connectivity index (χ0n) is 9.37. The minimum Gasteiger partial charge on any atom is -0.481 e. The second-order valence-corrected chi connectivity index (χ2v) is 4.44. The lowest BCUT2D eigenvalue weighted by Gasteiger charge is -2.36. The van der Waals surface area contributed by atoms with Crippen LogP contribution in [0.25, 0.3) is 0 Å². The van der Waals surface area contributed by atoms with Gasteiger partial charge in [0, 0.05) is 6.42 Å². The molecule has 0 aromatic carbocycles. The van der Waals surface area contributed by atoms with Crippen LogP contribution in [0.5, 0.6) is 0 Å². The second kappa shape index (κ2) is 5.84. The molecule has 0 aromatic heterocycles. The smallest absolute Gasteiger partial charge is 0.303 e. The van der Waals surface area contributed by atoms with E-state index in [1.54, 1.807) is 0 Å². The van der Waals surface area contributed by atoms with Crippen molar-refractivity contribution in [1.29, 1.82) is 0 Å². The predicted molar refractivity (Wildman–Crippen MR) is 57.9 cm³/mol. The Balaban J connectivity index is 2.42. The van der Waals surface area contributed by atoms with Crippen molar-refractivity contribution in [2.24, 2.45) is 0 Å². The number of carbonyl (C=O) groups is 2. The first-order valence-electron chi connectivity index (χ1n) is 5.72. The van der Waals surface area contributed by atoms with Gasteiger partial charge in [-0.15, -0.1) is 0 Å². The predicted octanol–water partition coefficient (Wildman–Crippen LogP) is 0.663. The maximum absolute atomic E-state index is 11.5. The lowest BCUT2D eigenvalue weighted by atomic mass is 9.82. The van der Waals surface area contributed by atoms with Crippen LogP contribution in [0, 0.1) is 0 Å². The van der Waals surface area contributed by atoms with E-state index in [4.69, 9.17) is 5.11 Å². The van der Waals surface area contributed by atoms with Crippen LogP contribution in [0.3, 0.4) is 0 Å². The Hall–Kier alpha value is -1.10. The zero-order chi connectivity index (χ0) is 12.0. The molecule has 0 unspecified atom stereocenters. The first-order chi connectivity index (χ1) is 7.58. The van der Waals surface area contributed by atoms with Gasteiger partial charge in [-0.05, 0) is 12.8 Å².